The Bertz CT molecular complexity index is 452. The lowest BCUT2D eigenvalue weighted by atomic mass is 10.2. The van der Waals surface area contributed by atoms with Crippen LogP contribution < -0.4 is 5.32 Å². The molecule has 6 heteroatoms. The van der Waals surface area contributed by atoms with Crippen LogP contribution in [-0.2, 0) is 0 Å². The second kappa shape index (κ2) is 7.26. The maximum Gasteiger partial charge on any atom is 0.254 e. The molecule has 0 aromatic heterocycles. The molecule has 0 radical (unpaired) electrons. The Hall–Kier alpha value is -0.590. The molecule has 0 bridgehead atoms. The Morgan fingerprint density at radius 3 is 2.89 bits per heavy atom. The number of carbonyl (C=O) groups is 1. The van der Waals surface area contributed by atoms with Gasteiger partial charge in [0.15, 0.2) is 0 Å². The monoisotopic (exact) mass is 346 g/mol. The summed E-state index contributed by atoms with van der Waals surface area (Å²) in [6, 6.07) is 4.73. The summed E-state index contributed by atoms with van der Waals surface area (Å²) in [5, 5.41) is 2.77. The Kier molecular flexibility index (Phi) is 5.66. The Balaban J connectivity index is 1.82. The van der Waals surface area contributed by atoms with Crippen LogP contribution in [0.15, 0.2) is 22.7 Å². The fourth-order valence-corrected chi connectivity index (χ4v) is 3.27. The number of benzene rings is 1. The molecule has 1 saturated heterocycles. The summed E-state index contributed by atoms with van der Waals surface area (Å²) in [6.45, 7) is 3.49. The van der Waals surface area contributed by atoms with Gasteiger partial charge in [0.25, 0.3) is 5.91 Å². The van der Waals surface area contributed by atoms with Crippen LogP contribution in [0.5, 0.6) is 0 Å². The third kappa shape index (κ3) is 4.19. The lowest BCUT2D eigenvalue weighted by molar-refractivity contribution is 0.0944. The van der Waals surface area contributed by atoms with Gasteiger partial charge in [0.2, 0.25) is 0 Å². The number of nitrogens with one attached hydrogen (secondary N) is 1. The van der Waals surface area contributed by atoms with Crippen LogP contribution in [0.1, 0.15) is 10.4 Å². The van der Waals surface area contributed by atoms with E-state index in [0.29, 0.717) is 11.0 Å². The van der Waals surface area contributed by atoms with Gasteiger partial charge in [-0.05, 0) is 28.1 Å². The molecular weight excluding hydrogens is 331 g/mol. The number of carbonyl (C=O) groups excluding carboxylic acids is 1. The molecule has 0 spiro atoms. The summed E-state index contributed by atoms with van der Waals surface area (Å²) in [5.41, 5.74) is 0.0866. The first-order chi connectivity index (χ1) is 9.18. The van der Waals surface area contributed by atoms with Crippen molar-refractivity contribution in [1.29, 1.82) is 0 Å². The Morgan fingerprint density at radius 1 is 1.42 bits per heavy atom. The Morgan fingerprint density at radius 2 is 2.16 bits per heavy atom. The standard InChI is InChI=1S/C13H16BrFN2OS/c14-11-3-1-2-10(12(11)15)13(18)16-4-5-17-6-8-19-9-7-17/h1-3H,4-9H2,(H,16,18). The molecule has 1 N–H and O–H groups in total. The van der Waals surface area contributed by atoms with Gasteiger partial charge >= 0.3 is 0 Å². The number of halogens is 2. The summed E-state index contributed by atoms with van der Waals surface area (Å²) >= 11 is 5.03. The lowest BCUT2D eigenvalue weighted by Crippen LogP contribution is -2.39. The largest absolute Gasteiger partial charge is 0.351 e. The maximum absolute atomic E-state index is 13.7. The molecule has 1 heterocycles. The zero-order valence-electron chi connectivity index (χ0n) is 10.5. The lowest BCUT2D eigenvalue weighted by Gasteiger charge is -2.26. The van der Waals surface area contributed by atoms with E-state index in [2.05, 4.69) is 26.1 Å². The SMILES string of the molecule is O=C(NCCN1CCSCC1)c1cccc(Br)c1F. The molecule has 3 nitrogen and oxygen atoms in total. The molecule has 104 valence electrons. The van der Waals surface area contributed by atoms with Crippen LogP contribution in [0.25, 0.3) is 0 Å². The summed E-state index contributed by atoms with van der Waals surface area (Å²) in [6.07, 6.45) is 0. The zero-order valence-corrected chi connectivity index (χ0v) is 12.9. The predicted molar refractivity (Wildman–Crippen MR) is 80.2 cm³/mol. The van der Waals surface area contributed by atoms with Crippen LogP contribution in [0.2, 0.25) is 0 Å². The average molecular weight is 347 g/mol. The minimum Gasteiger partial charge on any atom is -0.351 e. The molecule has 0 saturated carbocycles. The molecule has 1 amide bonds. The van der Waals surface area contributed by atoms with Crippen molar-refractivity contribution in [2.75, 3.05) is 37.7 Å². The molecule has 1 aromatic carbocycles. The fraction of sp³-hybridized carbons (Fsp3) is 0.462. The van der Waals surface area contributed by atoms with Crippen molar-refractivity contribution in [1.82, 2.24) is 10.2 Å². The first-order valence-corrected chi connectivity index (χ1v) is 8.15. The van der Waals surface area contributed by atoms with Crippen molar-refractivity contribution in [2.24, 2.45) is 0 Å². The average Bonchev–Trinajstić information content (AvgIpc) is 2.43. The van der Waals surface area contributed by atoms with Crippen LogP contribution in [0, 0.1) is 5.82 Å². The van der Waals surface area contributed by atoms with E-state index in [-0.39, 0.29) is 11.5 Å². The second-order valence-corrected chi connectivity index (χ2v) is 6.39. The highest BCUT2D eigenvalue weighted by Gasteiger charge is 2.14. The first-order valence-electron chi connectivity index (χ1n) is 6.21. The van der Waals surface area contributed by atoms with Crippen molar-refractivity contribution in [3.05, 3.63) is 34.1 Å². The van der Waals surface area contributed by atoms with Gasteiger partial charge < -0.3 is 5.32 Å². The first kappa shape index (κ1) is 14.8. The zero-order chi connectivity index (χ0) is 13.7. The topological polar surface area (TPSA) is 32.3 Å². The van der Waals surface area contributed by atoms with E-state index in [1.165, 1.54) is 6.07 Å². The van der Waals surface area contributed by atoms with Gasteiger partial charge in [-0.1, -0.05) is 6.07 Å². The predicted octanol–water partition coefficient (Wildman–Crippen LogP) is 2.37. The summed E-state index contributed by atoms with van der Waals surface area (Å²) < 4.78 is 14.0. The van der Waals surface area contributed by atoms with Crippen LogP contribution in [-0.4, -0.2) is 48.5 Å². The maximum atomic E-state index is 13.7. The van der Waals surface area contributed by atoms with Crippen molar-refractivity contribution in [3.63, 3.8) is 0 Å². The van der Waals surface area contributed by atoms with Gasteiger partial charge in [-0.3, -0.25) is 9.69 Å². The van der Waals surface area contributed by atoms with Gasteiger partial charge in [-0.25, -0.2) is 4.39 Å². The van der Waals surface area contributed by atoms with E-state index >= 15 is 0 Å². The molecular formula is C13H16BrFN2OS. The smallest absolute Gasteiger partial charge is 0.254 e. The van der Waals surface area contributed by atoms with Crippen molar-refractivity contribution in [2.45, 2.75) is 0 Å². The molecule has 1 fully saturated rings. The molecule has 1 aliphatic rings. The van der Waals surface area contributed by atoms with Crippen LogP contribution in [0.4, 0.5) is 4.39 Å². The highest BCUT2D eigenvalue weighted by molar-refractivity contribution is 9.10. The normalized spacial score (nSPS) is 16.3. The summed E-state index contributed by atoms with van der Waals surface area (Å²) in [4.78, 5) is 14.2. The third-order valence-corrected chi connectivity index (χ3v) is 4.57. The molecule has 1 aromatic rings. The number of rotatable bonds is 4. The minimum absolute atomic E-state index is 0.0866. The van der Waals surface area contributed by atoms with Crippen molar-refractivity contribution < 1.29 is 9.18 Å². The van der Waals surface area contributed by atoms with Crippen LogP contribution >= 0.6 is 27.7 Å². The molecule has 0 atom stereocenters. The molecule has 2 rings (SSSR count). The summed E-state index contributed by atoms with van der Waals surface area (Å²) in [7, 11) is 0. The van der Waals surface area contributed by atoms with Crippen LogP contribution in [0.3, 0.4) is 0 Å². The van der Waals surface area contributed by atoms with Gasteiger partial charge in [0.05, 0.1) is 10.0 Å². The highest BCUT2D eigenvalue weighted by atomic mass is 79.9. The van der Waals surface area contributed by atoms with E-state index in [4.69, 9.17) is 0 Å². The molecule has 0 unspecified atom stereocenters. The number of nitrogens with zero attached hydrogens (tertiary/aromatic N) is 1. The third-order valence-electron chi connectivity index (χ3n) is 3.01. The van der Waals surface area contributed by atoms with E-state index < -0.39 is 5.82 Å². The quantitative estimate of drug-likeness (QED) is 0.908. The molecule has 1 aliphatic heterocycles. The second-order valence-electron chi connectivity index (χ2n) is 4.31. The van der Waals surface area contributed by atoms with E-state index in [1.807, 2.05) is 11.8 Å². The minimum atomic E-state index is -0.505. The van der Waals surface area contributed by atoms with Gasteiger partial charge in [-0.15, -0.1) is 0 Å². The molecule has 19 heavy (non-hydrogen) atoms. The fourth-order valence-electron chi connectivity index (χ4n) is 1.93. The number of hydrogen-bond acceptors (Lipinski definition) is 3. The van der Waals surface area contributed by atoms with Gasteiger partial charge in [0.1, 0.15) is 5.82 Å². The van der Waals surface area contributed by atoms with Gasteiger partial charge in [-0.2, -0.15) is 11.8 Å². The number of amides is 1. The van der Waals surface area contributed by atoms with E-state index in [0.717, 1.165) is 31.1 Å². The Labute approximate surface area is 125 Å². The van der Waals surface area contributed by atoms with Crippen molar-refractivity contribution in [3.8, 4) is 0 Å². The number of hydrogen-bond donors (Lipinski definition) is 1. The van der Waals surface area contributed by atoms with Gasteiger partial charge in [0, 0.05) is 37.7 Å². The van der Waals surface area contributed by atoms with E-state index in [1.54, 1.807) is 12.1 Å². The highest BCUT2D eigenvalue weighted by Crippen LogP contribution is 2.18. The summed E-state index contributed by atoms with van der Waals surface area (Å²) in [5.74, 6) is 1.43. The van der Waals surface area contributed by atoms with Crippen molar-refractivity contribution >= 4 is 33.6 Å². The molecule has 0 aliphatic carbocycles. The number of thioether (sulfide) groups is 1. The van der Waals surface area contributed by atoms with E-state index in [9.17, 15) is 9.18 Å².